The van der Waals surface area contributed by atoms with E-state index < -0.39 is 0 Å². The van der Waals surface area contributed by atoms with Crippen LogP contribution in [0, 0.1) is 0 Å². The minimum absolute atomic E-state index is 0.455. The van der Waals surface area contributed by atoms with Gasteiger partial charge >= 0.3 is 0 Å². The van der Waals surface area contributed by atoms with Crippen molar-refractivity contribution in [1.82, 2.24) is 4.98 Å². The predicted octanol–water partition coefficient (Wildman–Crippen LogP) is 6.16. The number of hydrogen-bond donors (Lipinski definition) is 2. The molecule has 1 fully saturated rings. The van der Waals surface area contributed by atoms with Crippen molar-refractivity contribution in [2.75, 3.05) is 5.32 Å². The van der Waals surface area contributed by atoms with E-state index in [2.05, 4.69) is 21.7 Å². The maximum atomic E-state index is 6.08. The Morgan fingerprint density at radius 2 is 2.04 bits per heavy atom. The van der Waals surface area contributed by atoms with Crippen molar-refractivity contribution in [2.45, 2.75) is 38.3 Å². The molecule has 3 heterocycles. The summed E-state index contributed by atoms with van der Waals surface area (Å²) in [5.74, 6) is 0. The standard InChI is InChI=1S/C12H8Cl2N2S2.C5H11N/c13-8-6-18-12-9(4-10(14)16-11(8)12)15-5-7-2-1-3-17-7;6-5-3-1-2-4-5/h1-4,6H,5H2,(H,15,16);5H,1-4,6H2. The summed E-state index contributed by atoms with van der Waals surface area (Å²) in [6.07, 6.45) is 5.25. The first-order chi connectivity index (χ1) is 11.6. The third-order valence-electron chi connectivity index (χ3n) is 3.88. The fourth-order valence-corrected chi connectivity index (χ4v) is 4.66. The van der Waals surface area contributed by atoms with E-state index in [-0.39, 0.29) is 0 Å². The number of nitrogens with zero attached hydrogens (tertiary/aromatic N) is 1. The second-order valence-corrected chi connectivity index (χ2v) is 8.44. The van der Waals surface area contributed by atoms with Crippen molar-refractivity contribution in [3.05, 3.63) is 44.0 Å². The molecule has 7 heteroatoms. The molecule has 4 rings (SSSR count). The molecule has 0 radical (unpaired) electrons. The number of aromatic nitrogens is 1. The number of halogens is 2. The number of hydrogen-bond acceptors (Lipinski definition) is 5. The number of thiophene rings is 2. The van der Waals surface area contributed by atoms with Crippen molar-refractivity contribution >= 4 is 61.8 Å². The highest BCUT2D eigenvalue weighted by Gasteiger charge is 2.10. The normalized spacial score (nSPS) is 14.6. The van der Waals surface area contributed by atoms with E-state index in [0.717, 1.165) is 22.4 Å². The Kier molecular flexibility index (Phi) is 6.36. The number of nitrogens with one attached hydrogen (secondary N) is 1. The molecule has 3 aromatic heterocycles. The van der Waals surface area contributed by atoms with Gasteiger partial charge in [-0.05, 0) is 24.3 Å². The lowest BCUT2D eigenvalue weighted by Gasteiger charge is -2.06. The molecular weight excluding hydrogens is 381 g/mol. The second-order valence-electron chi connectivity index (χ2n) is 5.73. The Balaban J connectivity index is 0.000000238. The summed E-state index contributed by atoms with van der Waals surface area (Å²) >= 11 is 15.4. The lowest BCUT2D eigenvalue weighted by atomic mass is 10.3. The second kappa shape index (κ2) is 8.50. The zero-order valence-electron chi connectivity index (χ0n) is 13.1. The van der Waals surface area contributed by atoms with Gasteiger partial charge in [0.15, 0.2) is 0 Å². The van der Waals surface area contributed by atoms with Crippen molar-refractivity contribution < 1.29 is 0 Å². The van der Waals surface area contributed by atoms with Gasteiger partial charge in [0.1, 0.15) is 10.7 Å². The first kappa shape index (κ1) is 18.0. The molecule has 3 aromatic rings. The van der Waals surface area contributed by atoms with Gasteiger partial charge < -0.3 is 11.1 Å². The maximum Gasteiger partial charge on any atom is 0.131 e. The Labute approximate surface area is 159 Å². The maximum absolute atomic E-state index is 6.08. The van der Waals surface area contributed by atoms with E-state index in [1.807, 2.05) is 17.5 Å². The fraction of sp³-hybridized carbons (Fsp3) is 0.353. The van der Waals surface area contributed by atoms with Crippen LogP contribution in [0.25, 0.3) is 10.2 Å². The largest absolute Gasteiger partial charge is 0.379 e. The zero-order chi connectivity index (χ0) is 16.9. The molecule has 3 nitrogen and oxygen atoms in total. The molecule has 24 heavy (non-hydrogen) atoms. The van der Waals surface area contributed by atoms with E-state index >= 15 is 0 Å². The number of anilines is 1. The molecular formula is C17H19Cl2N3S2. The van der Waals surface area contributed by atoms with Crippen LogP contribution in [-0.4, -0.2) is 11.0 Å². The first-order valence-corrected chi connectivity index (χ1v) is 10.4. The minimum atomic E-state index is 0.455. The number of pyridine rings is 1. The highest BCUT2D eigenvalue weighted by Crippen LogP contribution is 2.35. The molecule has 0 bridgehead atoms. The van der Waals surface area contributed by atoms with Crippen molar-refractivity contribution in [2.24, 2.45) is 5.73 Å². The predicted molar refractivity (Wildman–Crippen MR) is 108 cm³/mol. The highest BCUT2D eigenvalue weighted by atomic mass is 35.5. The van der Waals surface area contributed by atoms with Crippen LogP contribution in [0.15, 0.2) is 29.0 Å². The van der Waals surface area contributed by atoms with E-state index in [0.29, 0.717) is 16.2 Å². The topological polar surface area (TPSA) is 50.9 Å². The van der Waals surface area contributed by atoms with E-state index in [4.69, 9.17) is 28.9 Å². The molecule has 1 aliphatic carbocycles. The number of rotatable bonds is 3. The van der Waals surface area contributed by atoms with Gasteiger partial charge in [0.2, 0.25) is 0 Å². The van der Waals surface area contributed by atoms with Gasteiger partial charge in [-0.2, -0.15) is 0 Å². The average Bonchev–Trinajstić information content (AvgIpc) is 3.30. The summed E-state index contributed by atoms with van der Waals surface area (Å²) in [5, 5.41) is 8.43. The smallest absolute Gasteiger partial charge is 0.131 e. The quantitative estimate of drug-likeness (QED) is 0.518. The van der Waals surface area contributed by atoms with Gasteiger partial charge in [-0.15, -0.1) is 22.7 Å². The summed E-state index contributed by atoms with van der Waals surface area (Å²) in [7, 11) is 0. The molecule has 1 aliphatic rings. The summed E-state index contributed by atoms with van der Waals surface area (Å²) in [5.41, 5.74) is 7.28. The van der Waals surface area contributed by atoms with Crippen LogP contribution in [0.2, 0.25) is 10.2 Å². The molecule has 0 unspecified atom stereocenters. The highest BCUT2D eigenvalue weighted by molar-refractivity contribution is 7.18. The molecule has 0 saturated heterocycles. The van der Waals surface area contributed by atoms with Gasteiger partial charge in [0.05, 0.1) is 15.4 Å². The number of nitrogens with two attached hydrogens (primary N) is 1. The van der Waals surface area contributed by atoms with E-state index in [9.17, 15) is 0 Å². The van der Waals surface area contributed by atoms with Gasteiger partial charge in [-0.3, -0.25) is 0 Å². The Bertz CT molecular complexity index is 781. The van der Waals surface area contributed by atoms with Crippen LogP contribution in [0.4, 0.5) is 5.69 Å². The van der Waals surface area contributed by atoms with Gasteiger partial charge in [0, 0.05) is 28.9 Å². The molecule has 3 N–H and O–H groups in total. The SMILES string of the molecule is Clc1cc(NCc2cccs2)c2scc(Cl)c2n1.NC1CCCC1. The van der Waals surface area contributed by atoms with Crippen molar-refractivity contribution in [3.8, 4) is 0 Å². The summed E-state index contributed by atoms with van der Waals surface area (Å²) in [4.78, 5) is 5.52. The van der Waals surface area contributed by atoms with E-state index in [1.165, 1.54) is 30.6 Å². The Morgan fingerprint density at radius 1 is 1.25 bits per heavy atom. The van der Waals surface area contributed by atoms with Crippen LogP contribution >= 0.6 is 45.9 Å². The Hall–Kier alpha value is -0.850. The van der Waals surface area contributed by atoms with Crippen molar-refractivity contribution in [1.29, 1.82) is 0 Å². The summed E-state index contributed by atoms with van der Waals surface area (Å²) < 4.78 is 1.04. The van der Waals surface area contributed by atoms with Crippen LogP contribution in [0.5, 0.6) is 0 Å². The van der Waals surface area contributed by atoms with E-state index in [1.54, 1.807) is 22.7 Å². The van der Waals surface area contributed by atoms with Gasteiger partial charge in [0.25, 0.3) is 0 Å². The average molecular weight is 400 g/mol. The molecule has 0 spiro atoms. The molecule has 0 atom stereocenters. The lowest BCUT2D eigenvalue weighted by Crippen LogP contribution is -2.13. The van der Waals surface area contributed by atoms with Crippen LogP contribution in [-0.2, 0) is 6.54 Å². The zero-order valence-corrected chi connectivity index (χ0v) is 16.2. The molecule has 1 saturated carbocycles. The first-order valence-electron chi connectivity index (χ1n) is 7.88. The molecule has 0 amide bonds. The molecule has 0 aromatic carbocycles. The lowest BCUT2D eigenvalue weighted by molar-refractivity contribution is 0.704. The third-order valence-corrected chi connectivity index (χ3v) is 6.37. The minimum Gasteiger partial charge on any atom is -0.379 e. The summed E-state index contributed by atoms with van der Waals surface area (Å²) in [6, 6.07) is 6.52. The van der Waals surface area contributed by atoms with Crippen molar-refractivity contribution in [3.63, 3.8) is 0 Å². The van der Waals surface area contributed by atoms with Crippen LogP contribution < -0.4 is 11.1 Å². The van der Waals surface area contributed by atoms with Crippen LogP contribution in [0.1, 0.15) is 30.6 Å². The number of fused-ring (bicyclic) bond motifs is 1. The molecule has 128 valence electrons. The van der Waals surface area contributed by atoms with Gasteiger partial charge in [-0.25, -0.2) is 4.98 Å². The van der Waals surface area contributed by atoms with Crippen LogP contribution in [0.3, 0.4) is 0 Å². The summed E-state index contributed by atoms with van der Waals surface area (Å²) in [6.45, 7) is 0.780. The van der Waals surface area contributed by atoms with Gasteiger partial charge in [-0.1, -0.05) is 42.1 Å². The molecule has 0 aliphatic heterocycles. The monoisotopic (exact) mass is 399 g/mol. The fourth-order valence-electron chi connectivity index (χ4n) is 2.63. The third kappa shape index (κ3) is 4.61. The Morgan fingerprint density at radius 3 is 2.67 bits per heavy atom.